The van der Waals surface area contributed by atoms with Crippen molar-refractivity contribution < 1.29 is 19.4 Å². The maximum absolute atomic E-state index is 11.0. The molecular formula is C16H15NO4. The Kier molecular flexibility index (Phi) is 3.39. The Labute approximate surface area is 122 Å². The third-order valence-corrected chi connectivity index (χ3v) is 3.39. The van der Waals surface area contributed by atoms with Crippen molar-refractivity contribution in [1.29, 1.82) is 0 Å². The number of carbonyl (C=O) groups is 1. The van der Waals surface area contributed by atoms with Crippen molar-refractivity contribution in [2.24, 2.45) is 0 Å². The SMILES string of the molecule is CC(Nc1cccc(C(=O)O)c1)c1ccc2c(c1)OCO2. The summed E-state index contributed by atoms with van der Waals surface area (Å²) in [7, 11) is 0. The molecule has 1 unspecified atom stereocenters. The molecule has 0 radical (unpaired) electrons. The van der Waals surface area contributed by atoms with E-state index in [0.29, 0.717) is 0 Å². The molecule has 0 saturated heterocycles. The number of aromatic carboxylic acids is 1. The average Bonchev–Trinajstić information content (AvgIpc) is 2.94. The zero-order valence-corrected chi connectivity index (χ0v) is 11.5. The molecule has 21 heavy (non-hydrogen) atoms. The van der Waals surface area contributed by atoms with Crippen molar-refractivity contribution in [3.8, 4) is 11.5 Å². The Hall–Kier alpha value is -2.69. The van der Waals surface area contributed by atoms with Gasteiger partial charge in [0.2, 0.25) is 6.79 Å². The summed E-state index contributed by atoms with van der Waals surface area (Å²) in [6.45, 7) is 2.26. The third kappa shape index (κ3) is 2.76. The summed E-state index contributed by atoms with van der Waals surface area (Å²) in [5.41, 5.74) is 2.07. The van der Waals surface area contributed by atoms with Crippen molar-refractivity contribution in [2.75, 3.05) is 12.1 Å². The van der Waals surface area contributed by atoms with Gasteiger partial charge in [-0.15, -0.1) is 0 Å². The number of anilines is 1. The Bertz CT molecular complexity index is 684. The molecule has 3 rings (SSSR count). The van der Waals surface area contributed by atoms with Crippen LogP contribution in [-0.2, 0) is 0 Å². The van der Waals surface area contributed by atoms with E-state index in [0.717, 1.165) is 22.7 Å². The molecule has 108 valence electrons. The number of rotatable bonds is 4. The summed E-state index contributed by atoms with van der Waals surface area (Å²) < 4.78 is 10.6. The van der Waals surface area contributed by atoms with Crippen molar-refractivity contribution in [2.45, 2.75) is 13.0 Å². The fourth-order valence-corrected chi connectivity index (χ4v) is 2.26. The molecule has 1 aliphatic rings. The number of benzene rings is 2. The summed E-state index contributed by atoms with van der Waals surface area (Å²) >= 11 is 0. The van der Waals surface area contributed by atoms with Gasteiger partial charge < -0.3 is 19.9 Å². The molecule has 0 spiro atoms. The van der Waals surface area contributed by atoms with E-state index >= 15 is 0 Å². The summed E-state index contributed by atoms with van der Waals surface area (Å²) in [5.74, 6) is 0.550. The minimum Gasteiger partial charge on any atom is -0.478 e. The van der Waals surface area contributed by atoms with Crippen molar-refractivity contribution in [1.82, 2.24) is 0 Å². The number of hydrogen-bond donors (Lipinski definition) is 2. The Morgan fingerprint density at radius 2 is 2.00 bits per heavy atom. The van der Waals surface area contributed by atoms with E-state index in [-0.39, 0.29) is 18.4 Å². The lowest BCUT2D eigenvalue weighted by Gasteiger charge is -2.16. The number of fused-ring (bicyclic) bond motifs is 1. The molecule has 5 nitrogen and oxygen atoms in total. The van der Waals surface area contributed by atoms with E-state index in [1.807, 2.05) is 31.2 Å². The first-order chi connectivity index (χ1) is 10.1. The van der Waals surface area contributed by atoms with Gasteiger partial charge in [-0.3, -0.25) is 0 Å². The molecule has 2 aromatic carbocycles. The molecule has 0 fully saturated rings. The Balaban J connectivity index is 1.78. The molecule has 2 N–H and O–H groups in total. The molecule has 0 amide bonds. The van der Waals surface area contributed by atoms with Gasteiger partial charge in [-0.2, -0.15) is 0 Å². The van der Waals surface area contributed by atoms with Gasteiger partial charge in [0.15, 0.2) is 11.5 Å². The highest BCUT2D eigenvalue weighted by atomic mass is 16.7. The lowest BCUT2D eigenvalue weighted by molar-refractivity contribution is 0.0697. The average molecular weight is 285 g/mol. The lowest BCUT2D eigenvalue weighted by atomic mass is 10.1. The normalized spacial score (nSPS) is 13.8. The fourth-order valence-electron chi connectivity index (χ4n) is 2.26. The van der Waals surface area contributed by atoms with Gasteiger partial charge in [0.25, 0.3) is 0 Å². The molecular weight excluding hydrogens is 270 g/mol. The maximum Gasteiger partial charge on any atom is 0.335 e. The van der Waals surface area contributed by atoms with Crippen molar-refractivity contribution >= 4 is 11.7 Å². The van der Waals surface area contributed by atoms with Crippen LogP contribution in [0.2, 0.25) is 0 Å². The summed E-state index contributed by atoms with van der Waals surface area (Å²) in [6.07, 6.45) is 0. The highest BCUT2D eigenvalue weighted by Gasteiger charge is 2.15. The molecule has 0 aliphatic carbocycles. The topological polar surface area (TPSA) is 67.8 Å². The number of carboxylic acid groups (broad SMARTS) is 1. The third-order valence-electron chi connectivity index (χ3n) is 3.39. The Morgan fingerprint density at radius 3 is 2.81 bits per heavy atom. The van der Waals surface area contributed by atoms with Gasteiger partial charge in [-0.05, 0) is 42.8 Å². The van der Waals surface area contributed by atoms with Gasteiger partial charge >= 0.3 is 5.97 Å². The van der Waals surface area contributed by atoms with Gasteiger partial charge in [0.05, 0.1) is 5.56 Å². The number of carboxylic acids is 1. The molecule has 1 aliphatic heterocycles. The number of ether oxygens (including phenoxy) is 2. The predicted molar refractivity (Wildman–Crippen MR) is 78.0 cm³/mol. The quantitative estimate of drug-likeness (QED) is 0.902. The fraction of sp³-hybridized carbons (Fsp3) is 0.188. The zero-order valence-electron chi connectivity index (χ0n) is 11.5. The van der Waals surface area contributed by atoms with E-state index < -0.39 is 5.97 Å². The second-order valence-corrected chi connectivity index (χ2v) is 4.86. The van der Waals surface area contributed by atoms with E-state index in [1.54, 1.807) is 18.2 Å². The van der Waals surface area contributed by atoms with Crippen LogP contribution < -0.4 is 14.8 Å². The lowest BCUT2D eigenvalue weighted by Crippen LogP contribution is -2.07. The van der Waals surface area contributed by atoms with Gasteiger partial charge in [-0.1, -0.05) is 12.1 Å². The first-order valence-corrected chi connectivity index (χ1v) is 6.63. The molecule has 5 heteroatoms. The summed E-state index contributed by atoms with van der Waals surface area (Å²) in [4.78, 5) is 11.0. The largest absolute Gasteiger partial charge is 0.478 e. The minimum absolute atomic E-state index is 0.0172. The van der Waals surface area contributed by atoms with Gasteiger partial charge in [0, 0.05) is 11.7 Å². The molecule has 2 aromatic rings. The molecule has 0 aromatic heterocycles. The van der Waals surface area contributed by atoms with Crippen LogP contribution in [0, 0.1) is 0 Å². The van der Waals surface area contributed by atoms with E-state index in [2.05, 4.69) is 5.32 Å². The van der Waals surface area contributed by atoms with E-state index in [4.69, 9.17) is 14.6 Å². The highest BCUT2D eigenvalue weighted by molar-refractivity contribution is 5.88. The minimum atomic E-state index is -0.936. The molecule has 0 saturated carbocycles. The van der Waals surface area contributed by atoms with Crippen molar-refractivity contribution in [3.63, 3.8) is 0 Å². The first kappa shape index (κ1) is 13.3. The molecule has 0 bridgehead atoms. The standard InChI is InChI=1S/C16H15NO4/c1-10(11-5-6-14-15(8-11)21-9-20-14)17-13-4-2-3-12(7-13)16(18)19/h2-8,10,17H,9H2,1H3,(H,18,19). The predicted octanol–water partition coefficient (Wildman–Crippen LogP) is 3.29. The van der Waals surface area contributed by atoms with Gasteiger partial charge in [-0.25, -0.2) is 4.79 Å². The second-order valence-electron chi connectivity index (χ2n) is 4.86. The van der Waals surface area contributed by atoms with Crippen LogP contribution in [0.15, 0.2) is 42.5 Å². The first-order valence-electron chi connectivity index (χ1n) is 6.63. The number of nitrogens with one attached hydrogen (secondary N) is 1. The molecule has 1 heterocycles. The second kappa shape index (κ2) is 5.36. The zero-order chi connectivity index (χ0) is 14.8. The Morgan fingerprint density at radius 1 is 1.19 bits per heavy atom. The molecule has 1 atom stereocenters. The van der Waals surface area contributed by atoms with Crippen LogP contribution in [0.4, 0.5) is 5.69 Å². The smallest absolute Gasteiger partial charge is 0.335 e. The van der Waals surface area contributed by atoms with Crippen LogP contribution in [0.5, 0.6) is 11.5 Å². The van der Waals surface area contributed by atoms with E-state index in [9.17, 15) is 4.79 Å². The van der Waals surface area contributed by atoms with Crippen LogP contribution in [0.3, 0.4) is 0 Å². The van der Waals surface area contributed by atoms with E-state index in [1.165, 1.54) is 0 Å². The van der Waals surface area contributed by atoms with Crippen LogP contribution in [0.25, 0.3) is 0 Å². The highest BCUT2D eigenvalue weighted by Crippen LogP contribution is 2.34. The van der Waals surface area contributed by atoms with Crippen LogP contribution >= 0.6 is 0 Å². The summed E-state index contributed by atoms with van der Waals surface area (Å²) in [5, 5.41) is 12.3. The summed E-state index contributed by atoms with van der Waals surface area (Å²) in [6, 6.07) is 12.5. The van der Waals surface area contributed by atoms with Gasteiger partial charge in [0.1, 0.15) is 0 Å². The maximum atomic E-state index is 11.0. The number of hydrogen-bond acceptors (Lipinski definition) is 4. The van der Waals surface area contributed by atoms with Crippen molar-refractivity contribution in [3.05, 3.63) is 53.6 Å². The monoisotopic (exact) mass is 285 g/mol. The van der Waals surface area contributed by atoms with Crippen LogP contribution in [-0.4, -0.2) is 17.9 Å². The van der Waals surface area contributed by atoms with Crippen LogP contribution in [0.1, 0.15) is 28.9 Å².